The van der Waals surface area contributed by atoms with Gasteiger partial charge in [0.05, 0.1) is 5.75 Å². The first-order chi connectivity index (χ1) is 7.24. The van der Waals surface area contributed by atoms with Crippen molar-refractivity contribution in [3.63, 3.8) is 0 Å². The van der Waals surface area contributed by atoms with Crippen LogP contribution in [0.5, 0.6) is 0 Å². The molecule has 0 amide bonds. The van der Waals surface area contributed by atoms with Gasteiger partial charge in [-0.25, -0.2) is 4.79 Å². The van der Waals surface area contributed by atoms with E-state index in [0.717, 1.165) is 4.90 Å². The highest BCUT2D eigenvalue weighted by atomic mass is 32.2. The van der Waals surface area contributed by atoms with Crippen LogP contribution in [0.1, 0.15) is 11.4 Å². The molecule has 0 aliphatic heterocycles. The van der Waals surface area contributed by atoms with Crippen molar-refractivity contribution in [2.45, 2.75) is 17.6 Å². The summed E-state index contributed by atoms with van der Waals surface area (Å²) in [6.45, 7) is 2.04. The summed E-state index contributed by atoms with van der Waals surface area (Å²) in [6, 6.07) is 8.16. The Labute approximate surface area is 90.7 Å². The monoisotopic (exact) mass is 222 g/mol. The predicted octanol–water partition coefficient (Wildman–Crippen LogP) is 1.96. The molecule has 0 radical (unpaired) electrons. The Hall–Kier alpha value is -1.49. The minimum atomic E-state index is -0.505. The average Bonchev–Trinajstić information content (AvgIpc) is 2.62. The lowest BCUT2D eigenvalue weighted by atomic mass is 10.2. The van der Waals surface area contributed by atoms with E-state index in [1.54, 1.807) is 11.8 Å². The molecule has 15 heavy (non-hydrogen) atoms. The van der Waals surface area contributed by atoms with E-state index in [-0.39, 0.29) is 0 Å². The van der Waals surface area contributed by atoms with Crippen LogP contribution >= 0.6 is 11.8 Å². The minimum Gasteiger partial charge on any atom is -0.296 e. The topological polar surface area (TPSA) is 58.9 Å². The van der Waals surface area contributed by atoms with Crippen LogP contribution in [-0.4, -0.2) is 10.1 Å². The van der Waals surface area contributed by atoms with Crippen molar-refractivity contribution in [3.8, 4) is 0 Å². The van der Waals surface area contributed by atoms with Gasteiger partial charge in [0, 0.05) is 4.90 Å². The number of aromatic nitrogens is 2. The Morgan fingerprint density at radius 2 is 2.40 bits per heavy atom. The molecule has 4 nitrogen and oxygen atoms in total. The van der Waals surface area contributed by atoms with Gasteiger partial charge < -0.3 is 0 Å². The molecule has 0 aliphatic rings. The molecular weight excluding hydrogens is 212 g/mol. The molecule has 0 atom stereocenters. The van der Waals surface area contributed by atoms with Crippen molar-refractivity contribution in [2.75, 3.05) is 0 Å². The van der Waals surface area contributed by atoms with Gasteiger partial charge in [-0.2, -0.15) is 0 Å². The van der Waals surface area contributed by atoms with E-state index in [2.05, 4.69) is 20.7 Å². The maximum atomic E-state index is 10.7. The van der Waals surface area contributed by atoms with Gasteiger partial charge in [0.2, 0.25) is 0 Å². The summed E-state index contributed by atoms with van der Waals surface area (Å²) in [5.41, 5.74) is 1.22. The fourth-order valence-electron chi connectivity index (χ4n) is 1.18. The number of aromatic amines is 1. The lowest BCUT2D eigenvalue weighted by molar-refractivity contribution is 0.383. The molecule has 0 fully saturated rings. The molecule has 0 unspecified atom stereocenters. The van der Waals surface area contributed by atoms with Gasteiger partial charge in [0.1, 0.15) is 0 Å². The van der Waals surface area contributed by atoms with Crippen molar-refractivity contribution < 1.29 is 4.52 Å². The van der Waals surface area contributed by atoms with Crippen LogP contribution in [0.4, 0.5) is 0 Å². The number of thioether (sulfide) groups is 1. The second-order valence-corrected chi connectivity index (χ2v) is 4.20. The maximum Gasteiger partial charge on any atom is 0.438 e. The second kappa shape index (κ2) is 4.35. The van der Waals surface area contributed by atoms with Crippen LogP contribution < -0.4 is 5.76 Å². The van der Waals surface area contributed by atoms with Gasteiger partial charge >= 0.3 is 5.76 Å². The standard InChI is InChI=1S/C10H10N2O2S/c1-7-3-2-4-8(5-7)15-6-9-11-10(13)14-12-9/h2-5H,6H2,1H3,(H,11,12,13). The Balaban J connectivity index is 2.02. The second-order valence-electron chi connectivity index (χ2n) is 3.15. The third-order valence-electron chi connectivity index (χ3n) is 1.85. The fourth-order valence-corrected chi connectivity index (χ4v) is 2.05. The van der Waals surface area contributed by atoms with E-state index in [9.17, 15) is 4.79 Å². The van der Waals surface area contributed by atoms with Crippen molar-refractivity contribution in [2.24, 2.45) is 0 Å². The number of H-pyrrole nitrogens is 1. The van der Waals surface area contributed by atoms with Crippen LogP contribution in [0, 0.1) is 6.92 Å². The van der Waals surface area contributed by atoms with E-state index in [4.69, 9.17) is 0 Å². The first-order valence-electron chi connectivity index (χ1n) is 4.48. The van der Waals surface area contributed by atoms with Crippen molar-refractivity contribution >= 4 is 11.8 Å². The molecule has 2 aromatic rings. The number of hydrogen-bond donors (Lipinski definition) is 1. The zero-order chi connectivity index (χ0) is 10.7. The number of rotatable bonds is 3. The molecule has 1 aromatic heterocycles. The van der Waals surface area contributed by atoms with Gasteiger partial charge in [-0.05, 0) is 19.1 Å². The highest BCUT2D eigenvalue weighted by Crippen LogP contribution is 2.21. The highest BCUT2D eigenvalue weighted by molar-refractivity contribution is 7.98. The quantitative estimate of drug-likeness (QED) is 0.806. The minimum absolute atomic E-state index is 0.505. The highest BCUT2D eigenvalue weighted by Gasteiger charge is 2.01. The van der Waals surface area contributed by atoms with Crippen LogP contribution in [0.2, 0.25) is 0 Å². The predicted molar refractivity (Wildman–Crippen MR) is 57.9 cm³/mol. The van der Waals surface area contributed by atoms with E-state index in [1.807, 2.05) is 25.1 Å². The van der Waals surface area contributed by atoms with Gasteiger partial charge in [-0.15, -0.1) is 11.8 Å². The Kier molecular flexibility index (Phi) is 2.91. The number of nitrogens with zero attached hydrogens (tertiary/aromatic N) is 1. The first kappa shape index (κ1) is 10.0. The lowest BCUT2D eigenvalue weighted by Gasteiger charge is -1.99. The van der Waals surface area contributed by atoms with Crippen molar-refractivity contribution in [1.82, 2.24) is 10.1 Å². The van der Waals surface area contributed by atoms with Crippen molar-refractivity contribution in [3.05, 3.63) is 46.2 Å². The molecule has 1 heterocycles. The molecule has 1 aromatic carbocycles. The fraction of sp³-hybridized carbons (Fsp3) is 0.200. The molecule has 2 rings (SSSR count). The molecule has 0 saturated heterocycles. The molecule has 78 valence electrons. The van der Waals surface area contributed by atoms with Crippen LogP contribution in [0.15, 0.2) is 38.5 Å². The average molecular weight is 222 g/mol. The number of aryl methyl sites for hydroxylation is 1. The molecule has 0 spiro atoms. The van der Waals surface area contributed by atoms with E-state index in [1.165, 1.54) is 5.56 Å². The smallest absolute Gasteiger partial charge is 0.296 e. The Morgan fingerprint density at radius 3 is 3.07 bits per heavy atom. The summed E-state index contributed by atoms with van der Waals surface area (Å²) in [7, 11) is 0. The third kappa shape index (κ3) is 2.73. The zero-order valence-electron chi connectivity index (χ0n) is 8.19. The number of nitrogens with one attached hydrogen (secondary N) is 1. The van der Waals surface area contributed by atoms with Gasteiger partial charge in [-0.3, -0.25) is 9.51 Å². The normalized spacial score (nSPS) is 10.5. The SMILES string of the molecule is Cc1cccc(SCc2noc(=O)[nH]2)c1. The largest absolute Gasteiger partial charge is 0.438 e. The number of hydrogen-bond acceptors (Lipinski definition) is 4. The van der Waals surface area contributed by atoms with Gasteiger partial charge in [-0.1, -0.05) is 22.9 Å². The summed E-state index contributed by atoms with van der Waals surface area (Å²) in [6.07, 6.45) is 0. The summed E-state index contributed by atoms with van der Waals surface area (Å²) in [5.74, 6) is 0.663. The lowest BCUT2D eigenvalue weighted by Crippen LogP contribution is -1.95. The zero-order valence-corrected chi connectivity index (χ0v) is 9.00. The van der Waals surface area contributed by atoms with Crippen LogP contribution in [0.3, 0.4) is 0 Å². The van der Waals surface area contributed by atoms with Gasteiger partial charge in [0.15, 0.2) is 5.82 Å². The Morgan fingerprint density at radius 1 is 1.53 bits per heavy atom. The summed E-state index contributed by atoms with van der Waals surface area (Å²) >= 11 is 1.61. The first-order valence-corrected chi connectivity index (χ1v) is 5.47. The van der Waals surface area contributed by atoms with Crippen molar-refractivity contribution in [1.29, 1.82) is 0 Å². The summed E-state index contributed by atoms with van der Waals surface area (Å²) < 4.78 is 4.40. The third-order valence-corrected chi connectivity index (χ3v) is 2.86. The Bertz CT molecular complexity index is 504. The van der Waals surface area contributed by atoms with E-state index < -0.39 is 5.76 Å². The molecule has 1 N–H and O–H groups in total. The molecular formula is C10H10N2O2S. The summed E-state index contributed by atoms with van der Waals surface area (Å²) in [5, 5.41) is 3.59. The van der Waals surface area contributed by atoms with E-state index in [0.29, 0.717) is 11.6 Å². The molecule has 0 bridgehead atoms. The van der Waals surface area contributed by atoms with Gasteiger partial charge in [0.25, 0.3) is 0 Å². The molecule has 0 saturated carbocycles. The number of benzene rings is 1. The molecule has 0 aliphatic carbocycles. The van der Waals surface area contributed by atoms with E-state index >= 15 is 0 Å². The maximum absolute atomic E-state index is 10.7. The van der Waals surface area contributed by atoms with Crippen LogP contribution in [-0.2, 0) is 5.75 Å². The van der Waals surface area contributed by atoms with Crippen LogP contribution in [0.25, 0.3) is 0 Å². The molecule has 5 heteroatoms. The summed E-state index contributed by atoms with van der Waals surface area (Å²) in [4.78, 5) is 14.3.